The summed E-state index contributed by atoms with van der Waals surface area (Å²) < 4.78 is 0. The number of nitrogens with zero attached hydrogens (tertiary/aromatic N) is 1. The van der Waals surface area contributed by atoms with E-state index in [0.717, 1.165) is 18.2 Å². The molecular weight excluding hydrogens is 244 g/mol. The monoisotopic (exact) mass is 274 g/mol. The molecule has 1 heterocycles. The molecule has 20 heavy (non-hydrogen) atoms. The SMILES string of the molecule is Cc1cc(C)c(C(C)NCCC2CCCCC2)c(C)n1. The van der Waals surface area contributed by atoms with Gasteiger partial charge in [-0.3, -0.25) is 4.98 Å². The average Bonchev–Trinajstić information content (AvgIpc) is 2.38. The highest BCUT2D eigenvalue weighted by Gasteiger charge is 2.15. The highest BCUT2D eigenvalue weighted by molar-refractivity contribution is 5.33. The maximum absolute atomic E-state index is 4.61. The zero-order valence-electron chi connectivity index (χ0n) is 13.6. The highest BCUT2D eigenvalue weighted by Crippen LogP contribution is 2.26. The first-order valence-corrected chi connectivity index (χ1v) is 8.26. The van der Waals surface area contributed by atoms with Crippen molar-refractivity contribution in [3.8, 4) is 0 Å². The molecule has 0 spiro atoms. The van der Waals surface area contributed by atoms with Crippen molar-refractivity contribution in [3.63, 3.8) is 0 Å². The Balaban J connectivity index is 1.86. The van der Waals surface area contributed by atoms with E-state index >= 15 is 0 Å². The lowest BCUT2D eigenvalue weighted by Gasteiger charge is -2.24. The summed E-state index contributed by atoms with van der Waals surface area (Å²) in [6, 6.07) is 2.61. The molecule has 2 nitrogen and oxygen atoms in total. The minimum atomic E-state index is 0.409. The molecule has 0 radical (unpaired) electrons. The maximum Gasteiger partial charge on any atom is 0.0426 e. The van der Waals surface area contributed by atoms with E-state index < -0.39 is 0 Å². The summed E-state index contributed by atoms with van der Waals surface area (Å²) in [5, 5.41) is 3.71. The highest BCUT2D eigenvalue weighted by atomic mass is 14.9. The lowest BCUT2D eigenvalue weighted by atomic mass is 9.87. The molecule has 1 fully saturated rings. The van der Waals surface area contributed by atoms with Crippen LogP contribution in [0.5, 0.6) is 0 Å². The Morgan fingerprint density at radius 2 is 1.90 bits per heavy atom. The normalized spacial score (nSPS) is 18.2. The van der Waals surface area contributed by atoms with Crippen molar-refractivity contribution in [1.29, 1.82) is 0 Å². The first kappa shape index (κ1) is 15.5. The van der Waals surface area contributed by atoms with Crippen molar-refractivity contribution in [2.75, 3.05) is 6.54 Å². The summed E-state index contributed by atoms with van der Waals surface area (Å²) in [6.45, 7) is 9.82. The van der Waals surface area contributed by atoms with Gasteiger partial charge in [0.15, 0.2) is 0 Å². The molecule has 112 valence electrons. The lowest BCUT2D eigenvalue weighted by molar-refractivity contribution is 0.329. The minimum absolute atomic E-state index is 0.409. The zero-order valence-corrected chi connectivity index (χ0v) is 13.6. The van der Waals surface area contributed by atoms with Gasteiger partial charge in [-0.2, -0.15) is 0 Å². The van der Waals surface area contributed by atoms with Crippen molar-refractivity contribution < 1.29 is 0 Å². The number of pyridine rings is 1. The van der Waals surface area contributed by atoms with E-state index in [-0.39, 0.29) is 0 Å². The van der Waals surface area contributed by atoms with Crippen LogP contribution in [0.4, 0.5) is 0 Å². The van der Waals surface area contributed by atoms with E-state index in [1.165, 1.54) is 55.3 Å². The third-order valence-electron chi connectivity index (χ3n) is 4.74. The lowest BCUT2D eigenvalue weighted by Crippen LogP contribution is -2.24. The van der Waals surface area contributed by atoms with Crippen LogP contribution in [0.15, 0.2) is 6.07 Å². The molecule has 0 aromatic carbocycles. The van der Waals surface area contributed by atoms with E-state index in [2.05, 4.69) is 44.1 Å². The topological polar surface area (TPSA) is 24.9 Å². The van der Waals surface area contributed by atoms with Gasteiger partial charge in [0.1, 0.15) is 0 Å². The predicted octanol–water partition coefficient (Wildman–Crippen LogP) is 4.63. The second kappa shape index (κ2) is 7.21. The van der Waals surface area contributed by atoms with Crippen molar-refractivity contribution in [2.45, 2.75) is 72.3 Å². The van der Waals surface area contributed by atoms with Crippen molar-refractivity contribution in [1.82, 2.24) is 10.3 Å². The number of hydrogen-bond acceptors (Lipinski definition) is 2. The van der Waals surface area contributed by atoms with Crippen molar-refractivity contribution in [2.24, 2.45) is 5.92 Å². The molecule has 1 aliphatic rings. The largest absolute Gasteiger partial charge is 0.310 e. The molecule has 1 aliphatic carbocycles. The maximum atomic E-state index is 4.61. The fraction of sp³-hybridized carbons (Fsp3) is 0.722. The van der Waals surface area contributed by atoms with Crippen LogP contribution in [-0.2, 0) is 0 Å². The molecule has 1 N–H and O–H groups in total. The van der Waals surface area contributed by atoms with Crippen LogP contribution in [0.3, 0.4) is 0 Å². The fourth-order valence-corrected chi connectivity index (χ4v) is 3.77. The van der Waals surface area contributed by atoms with Gasteiger partial charge in [-0.05, 0) is 63.8 Å². The quantitative estimate of drug-likeness (QED) is 0.847. The fourth-order valence-electron chi connectivity index (χ4n) is 3.77. The van der Waals surface area contributed by atoms with Crippen LogP contribution in [-0.4, -0.2) is 11.5 Å². The van der Waals surface area contributed by atoms with E-state index in [1.807, 2.05) is 0 Å². The smallest absolute Gasteiger partial charge is 0.0426 e. The molecule has 2 rings (SSSR count). The number of aromatic nitrogens is 1. The Morgan fingerprint density at radius 3 is 2.55 bits per heavy atom. The number of hydrogen-bond donors (Lipinski definition) is 1. The van der Waals surface area contributed by atoms with Crippen LogP contribution in [0, 0.1) is 26.7 Å². The Labute approximate surface area is 124 Å². The van der Waals surface area contributed by atoms with Crippen LogP contribution in [0.2, 0.25) is 0 Å². The van der Waals surface area contributed by atoms with Gasteiger partial charge in [0.05, 0.1) is 0 Å². The van der Waals surface area contributed by atoms with Crippen molar-refractivity contribution in [3.05, 3.63) is 28.6 Å². The van der Waals surface area contributed by atoms with E-state index in [9.17, 15) is 0 Å². The summed E-state index contributed by atoms with van der Waals surface area (Å²) in [5.41, 5.74) is 5.06. The van der Waals surface area contributed by atoms with Gasteiger partial charge in [0.2, 0.25) is 0 Å². The third-order valence-corrected chi connectivity index (χ3v) is 4.74. The average molecular weight is 274 g/mol. The van der Waals surface area contributed by atoms with Gasteiger partial charge in [-0.25, -0.2) is 0 Å². The Bertz CT molecular complexity index is 410. The molecule has 0 aliphatic heterocycles. The Hall–Kier alpha value is -0.890. The Kier molecular flexibility index (Phi) is 5.59. The van der Waals surface area contributed by atoms with Crippen LogP contribution in [0.25, 0.3) is 0 Å². The summed E-state index contributed by atoms with van der Waals surface area (Å²) in [7, 11) is 0. The zero-order chi connectivity index (χ0) is 14.5. The number of nitrogens with one attached hydrogen (secondary N) is 1. The molecule has 1 unspecified atom stereocenters. The number of rotatable bonds is 5. The molecule has 0 amide bonds. The van der Waals surface area contributed by atoms with Gasteiger partial charge < -0.3 is 5.32 Å². The van der Waals surface area contributed by atoms with Crippen molar-refractivity contribution >= 4 is 0 Å². The van der Waals surface area contributed by atoms with Gasteiger partial charge in [0, 0.05) is 17.4 Å². The molecule has 1 aromatic heterocycles. The summed E-state index contributed by atoms with van der Waals surface area (Å²) in [6.07, 6.45) is 8.57. The molecular formula is C18H30N2. The molecule has 2 heteroatoms. The minimum Gasteiger partial charge on any atom is -0.310 e. The van der Waals surface area contributed by atoms with Gasteiger partial charge >= 0.3 is 0 Å². The van der Waals surface area contributed by atoms with Crippen LogP contribution >= 0.6 is 0 Å². The number of aryl methyl sites for hydroxylation is 3. The molecule has 0 saturated heterocycles. The van der Waals surface area contributed by atoms with Gasteiger partial charge in [-0.15, -0.1) is 0 Å². The standard InChI is InChI=1S/C18H30N2/c1-13-12-14(2)20-16(4)18(13)15(3)19-11-10-17-8-6-5-7-9-17/h12,15,17,19H,5-11H2,1-4H3. The van der Waals surface area contributed by atoms with Crippen LogP contribution in [0.1, 0.15) is 74.0 Å². The van der Waals surface area contributed by atoms with Gasteiger partial charge in [-0.1, -0.05) is 32.1 Å². The summed E-state index contributed by atoms with van der Waals surface area (Å²) in [5.74, 6) is 0.960. The van der Waals surface area contributed by atoms with E-state index in [1.54, 1.807) is 0 Å². The molecule has 1 atom stereocenters. The van der Waals surface area contributed by atoms with Gasteiger partial charge in [0.25, 0.3) is 0 Å². The second-order valence-electron chi connectivity index (χ2n) is 6.55. The van der Waals surface area contributed by atoms with Crippen LogP contribution < -0.4 is 5.32 Å². The predicted molar refractivity (Wildman–Crippen MR) is 86.1 cm³/mol. The molecule has 0 bridgehead atoms. The molecule has 1 saturated carbocycles. The first-order valence-electron chi connectivity index (χ1n) is 8.26. The first-order chi connectivity index (χ1) is 9.58. The second-order valence-corrected chi connectivity index (χ2v) is 6.55. The molecule has 1 aromatic rings. The Morgan fingerprint density at radius 1 is 1.20 bits per heavy atom. The summed E-state index contributed by atoms with van der Waals surface area (Å²) >= 11 is 0. The van der Waals surface area contributed by atoms with E-state index in [4.69, 9.17) is 0 Å². The summed E-state index contributed by atoms with van der Waals surface area (Å²) in [4.78, 5) is 4.61. The van der Waals surface area contributed by atoms with E-state index in [0.29, 0.717) is 6.04 Å². The third kappa shape index (κ3) is 4.05.